The summed E-state index contributed by atoms with van der Waals surface area (Å²) in [5.74, 6) is 0.587. The minimum Gasteiger partial charge on any atom is -0.369 e. The number of ether oxygens (including phenoxy) is 1. The molecule has 0 saturated carbocycles. The highest BCUT2D eigenvalue weighted by Gasteiger charge is 2.10. The summed E-state index contributed by atoms with van der Waals surface area (Å²) in [5.41, 5.74) is 2.46. The van der Waals surface area contributed by atoms with E-state index in [1.165, 1.54) is 5.56 Å². The number of amides is 1. The van der Waals surface area contributed by atoms with Gasteiger partial charge in [0.2, 0.25) is 5.91 Å². The highest BCUT2D eigenvalue weighted by Crippen LogP contribution is 2.15. The molecule has 1 rings (SSSR count). The van der Waals surface area contributed by atoms with Crippen molar-refractivity contribution in [3.63, 3.8) is 0 Å². The second kappa shape index (κ2) is 8.05. The fourth-order valence-electron chi connectivity index (χ4n) is 2.02. The third-order valence-electron chi connectivity index (χ3n) is 3.05. The smallest absolute Gasteiger partial charge is 0.246 e. The van der Waals surface area contributed by atoms with E-state index in [-0.39, 0.29) is 24.7 Å². The van der Waals surface area contributed by atoms with E-state index >= 15 is 0 Å². The molecule has 3 heteroatoms. The van der Waals surface area contributed by atoms with Gasteiger partial charge in [-0.15, -0.1) is 0 Å². The molecule has 1 atom stereocenters. The van der Waals surface area contributed by atoms with Gasteiger partial charge in [0, 0.05) is 0 Å². The van der Waals surface area contributed by atoms with E-state index in [1.807, 2.05) is 20.8 Å². The molecule has 1 unspecified atom stereocenters. The van der Waals surface area contributed by atoms with Gasteiger partial charge in [0.1, 0.15) is 6.61 Å². The normalized spacial score (nSPS) is 12.8. The summed E-state index contributed by atoms with van der Waals surface area (Å²) < 4.78 is 5.29. The van der Waals surface area contributed by atoms with Crippen LogP contribution in [0, 0.1) is 5.92 Å². The Morgan fingerprint density at radius 2 is 1.70 bits per heavy atom. The molecule has 1 amide bonds. The molecular weight excluding hydrogens is 250 g/mol. The lowest BCUT2D eigenvalue weighted by Gasteiger charge is -2.16. The van der Waals surface area contributed by atoms with Crippen molar-refractivity contribution in [2.24, 2.45) is 5.92 Å². The van der Waals surface area contributed by atoms with Gasteiger partial charge in [0.05, 0.1) is 12.1 Å². The fourth-order valence-corrected chi connectivity index (χ4v) is 2.02. The SMILES string of the molecule is CC(C)Cc1ccc(C(C)NC(=O)COC(C)C)cc1. The van der Waals surface area contributed by atoms with Crippen molar-refractivity contribution in [3.05, 3.63) is 35.4 Å². The molecule has 0 aromatic heterocycles. The fraction of sp³-hybridized carbons (Fsp3) is 0.588. The van der Waals surface area contributed by atoms with Gasteiger partial charge in [-0.1, -0.05) is 38.1 Å². The lowest BCUT2D eigenvalue weighted by Crippen LogP contribution is -2.31. The molecule has 1 aromatic rings. The van der Waals surface area contributed by atoms with Crippen molar-refractivity contribution < 1.29 is 9.53 Å². The maximum absolute atomic E-state index is 11.7. The van der Waals surface area contributed by atoms with Crippen LogP contribution in [0.4, 0.5) is 0 Å². The minimum absolute atomic E-state index is 0.00589. The Bertz CT molecular complexity index is 410. The lowest BCUT2D eigenvalue weighted by molar-refractivity contribution is -0.127. The summed E-state index contributed by atoms with van der Waals surface area (Å²) in [6.07, 6.45) is 1.16. The number of hydrogen-bond acceptors (Lipinski definition) is 2. The monoisotopic (exact) mass is 277 g/mol. The van der Waals surface area contributed by atoms with Crippen LogP contribution in [0.1, 0.15) is 51.8 Å². The molecule has 0 heterocycles. The summed E-state index contributed by atoms with van der Waals surface area (Å²) in [6, 6.07) is 8.47. The maximum atomic E-state index is 11.7. The van der Waals surface area contributed by atoms with Crippen LogP contribution in [0.3, 0.4) is 0 Å². The minimum atomic E-state index is -0.0718. The van der Waals surface area contributed by atoms with Crippen molar-refractivity contribution in [1.82, 2.24) is 5.32 Å². The third kappa shape index (κ3) is 6.20. The first kappa shape index (κ1) is 16.7. The number of hydrogen-bond donors (Lipinski definition) is 1. The highest BCUT2D eigenvalue weighted by molar-refractivity contribution is 5.77. The van der Waals surface area contributed by atoms with Gasteiger partial charge in [0.25, 0.3) is 0 Å². The average molecular weight is 277 g/mol. The van der Waals surface area contributed by atoms with Gasteiger partial charge in [0.15, 0.2) is 0 Å². The first-order chi connectivity index (χ1) is 9.38. The molecule has 0 aliphatic carbocycles. The Labute approximate surface area is 122 Å². The molecule has 0 radical (unpaired) electrons. The predicted molar refractivity (Wildman–Crippen MR) is 82.6 cm³/mol. The summed E-state index contributed by atoms with van der Waals surface area (Å²) in [6.45, 7) is 10.4. The van der Waals surface area contributed by atoms with Crippen LogP contribution in [0.5, 0.6) is 0 Å². The van der Waals surface area contributed by atoms with Gasteiger partial charge in [-0.25, -0.2) is 0 Å². The van der Waals surface area contributed by atoms with E-state index in [9.17, 15) is 4.79 Å². The second-order valence-electron chi connectivity index (χ2n) is 5.99. The summed E-state index contributed by atoms with van der Waals surface area (Å²) in [5, 5.41) is 2.95. The molecule has 3 nitrogen and oxygen atoms in total. The van der Waals surface area contributed by atoms with Crippen LogP contribution < -0.4 is 5.32 Å². The van der Waals surface area contributed by atoms with Crippen LogP contribution in [0.2, 0.25) is 0 Å². The predicted octanol–water partition coefficient (Wildman–Crippen LogP) is 3.49. The summed E-state index contributed by atoms with van der Waals surface area (Å²) in [7, 11) is 0. The number of nitrogens with one attached hydrogen (secondary N) is 1. The van der Waals surface area contributed by atoms with Crippen LogP contribution >= 0.6 is 0 Å². The maximum Gasteiger partial charge on any atom is 0.246 e. The Balaban J connectivity index is 2.50. The average Bonchev–Trinajstić information content (AvgIpc) is 2.36. The van der Waals surface area contributed by atoms with Crippen LogP contribution in [-0.2, 0) is 16.0 Å². The quantitative estimate of drug-likeness (QED) is 0.828. The summed E-state index contributed by atoms with van der Waals surface area (Å²) in [4.78, 5) is 11.7. The first-order valence-corrected chi connectivity index (χ1v) is 7.38. The van der Waals surface area contributed by atoms with E-state index in [0.717, 1.165) is 12.0 Å². The van der Waals surface area contributed by atoms with Crippen LogP contribution in [0.25, 0.3) is 0 Å². The number of carbonyl (C=O) groups excluding carboxylic acids is 1. The van der Waals surface area contributed by atoms with E-state index < -0.39 is 0 Å². The van der Waals surface area contributed by atoms with Crippen molar-refractivity contribution in [1.29, 1.82) is 0 Å². The molecule has 1 aromatic carbocycles. The van der Waals surface area contributed by atoms with Crippen LogP contribution in [0.15, 0.2) is 24.3 Å². The number of carbonyl (C=O) groups is 1. The van der Waals surface area contributed by atoms with Crippen molar-refractivity contribution >= 4 is 5.91 Å². The molecule has 0 saturated heterocycles. The first-order valence-electron chi connectivity index (χ1n) is 7.38. The molecule has 1 N–H and O–H groups in total. The van der Waals surface area contributed by atoms with Crippen molar-refractivity contribution in [3.8, 4) is 0 Å². The van der Waals surface area contributed by atoms with Gasteiger partial charge in [-0.3, -0.25) is 4.79 Å². The zero-order valence-corrected chi connectivity index (χ0v) is 13.3. The molecule has 112 valence electrons. The van der Waals surface area contributed by atoms with E-state index in [2.05, 4.69) is 43.4 Å². The Kier molecular flexibility index (Phi) is 6.73. The Morgan fingerprint density at radius 1 is 1.10 bits per heavy atom. The molecule has 0 bridgehead atoms. The standard InChI is InChI=1S/C17H27NO2/c1-12(2)10-15-6-8-16(9-7-15)14(5)18-17(19)11-20-13(3)4/h6-9,12-14H,10-11H2,1-5H3,(H,18,19). The summed E-state index contributed by atoms with van der Waals surface area (Å²) >= 11 is 0. The Morgan fingerprint density at radius 3 is 2.20 bits per heavy atom. The molecular formula is C17H27NO2. The third-order valence-corrected chi connectivity index (χ3v) is 3.05. The molecule has 0 aliphatic heterocycles. The molecule has 0 spiro atoms. The van der Waals surface area contributed by atoms with Crippen molar-refractivity contribution in [2.75, 3.05) is 6.61 Å². The lowest BCUT2D eigenvalue weighted by atomic mass is 10.00. The molecule has 0 fully saturated rings. The topological polar surface area (TPSA) is 38.3 Å². The zero-order chi connectivity index (χ0) is 15.1. The Hall–Kier alpha value is -1.35. The van der Waals surface area contributed by atoms with Gasteiger partial charge < -0.3 is 10.1 Å². The van der Waals surface area contributed by atoms with E-state index in [0.29, 0.717) is 5.92 Å². The number of benzene rings is 1. The van der Waals surface area contributed by atoms with Crippen molar-refractivity contribution in [2.45, 2.75) is 53.2 Å². The van der Waals surface area contributed by atoms with Gasteiger partial charge in [-0.2, -0.15) is 0 Å². The molecule has 0 aliphatic rings. The van der Waals surface area contributed by atoms with Crippen LogP contribution in [-0.4, -0.2) is 18.6 Å². The largest absolute Gasteiger partial charge is 0.369 e. The molecule has 20 heavy (non-hydrogen) atoms. The van der Waals surface area contributed by atoms with Gasteiger partial charge >= 0.3 is 0 Å². The van der Waals surface area contributed by atoms with E-state index in [4.69, 9.17) is 4.74 Å². The van der Waals surface area contributed by atoms with Gasteiger partial charge in [-0.05, 0) is 44.2 Å². The second-order valence-corrected chi connectivity index (χ2v) is 5.99. The highest BCUT2D eigenvalue weighted by atomic mass is 16.5. The number of rotatable bonds is 7. The van der Waals surface area contributed by atoms with E-state index in [1.54, 1.807) is 0 Å². The zero-order valence-electron chi connectivity index (χ0n) is 13.3.